The molecular formula is C14H14ClNO4. The molecule has 0 aromatic heterocycles. The molecule has 2 N–H and O–H groups in total. The molecule has 1 aromatic rings. The van der Waals surface area contributed by atoms with Crippen LogP contribution in [0.5, 0.6) is 5.75 Å². The molecule has 1 unspecified atom stereocenters. The highest BCUT2D eigenvalue weighted by Crippen LogP contribution is 2.36. The highest BCUT2D eigenvalue weighted by atomic mass is 35.5. The Balaban J connectivity index is 2.51. The minimum absolute atomic E-state index is 0.0871. The summed E-state index contributed by atoms with van der Waals surface area (Å²) in [5, 5.41) is 12.3. The third-order valence-corrected chi connectivity index (χ3v) is 3.59. The first-order valence-corrected chi connectivity index (χ1v) is 6.39. The number of allylic oxidation sites excluding steroid dienone is 1. The molecule has 20 heavy (non-hydrogen) atoms. The normalized spacial score (nSPS) is 18.8. The van der Waals surface area contributed by atoms with E-state index < -0.39 is 11.9 Å². The number of hydrogen-bond donors (Lipinski definition) is 2. The molecule has 2 rings (SSSR count). The van der Waals surface area contributed by atoms with E-state index in [0.29, 0.717) is 22.0 Å². The minimum Gasteiger partial charge on any atom is -0.495 e. The number of hydrogen-bond acceptors (Lipinski definition) is 3. The second-order valence-corrected chi connectivity index (χ2v) is 4.95. The fourth-order valence-corrected chi connectivity index (χ4v) is 2.56. The van der Waals surface area contributed by atoms with Crippen LogP contribution < -0.4 is 10.1 Å². The molecule has 5 nitrogen and oxygen atoms in total. The molecule has 0 fully saturated rings. The summed E-state index contributed by atoms with van der Waals surface area (Å²) < 4.78 is 5.13. The van der Waals surface area contributed by atoms with Crippen molar-refractivity contribution in [2.75, 3.05) is 7.11 Å². The van der Waals surface area contributed by atoms with Crippen LogP contribution in [0.15, 0.2) is 29.5 Å². The first-order chi connectivity index (χ1) is 9.43. The summed E-state index contributed by atoms with van der Waals surface area (Å²) in [6.45, 7) is 1.58. The van der Waals surface area contributed by atoms with Crippen LogP contribution >= 0.6 is 11.6 Å². The van der Waals surface area contributed by atoms with Crippen LogP contribution in [-0.4, -0.2) is 24.1 Å². The lowest BCUT2D eigenvalue weighted by atomic mass is 9.84. The molecule has 106 valence electrons. The molecule has 6 heteroatoms. The lowest BCUT2D eigenvalue weighted by Gasteiger charge is -2.25. The molecule has 1 aromatic carbocycles. The number of halogens is 1. The third kappa shape index (κ3) is 2.63. The predicted molar refractivity (Wildman–Crippen MR) is 73.8 cm³/mol. The molecular weight excluding hydrogens is 282 g/mol. The number of amides is 1. The molecule has 0 aliphatic carbocycles. The van der Waals surface area contributed by atoms with E-state index in [1.807, 2.05) is 0 Å². The lowest BCUT2D eigenvalue weighted by molar-refractivity contribution is -0.133. The van der Waals surface area contributed by atoms with Crippen LogP contribution in [0.2, 0.25) is 5.02 Å². The summed E-state index contributed by atoms with van der Waals surface area (Å²) in [5.41, 5.74) is 1.25. The van der Waals surface area contributed by atoms with E-state index in [2.05, 4.69) is 5.32 Å². The first-order valence-electron chi connectivity index (χ1n) is 6.01. The fraction of sp³-hybridized carbons (Fsp3) is 0.286. The van der Waals surface area contributed by atoms with Gasteiger partial charge in [0, 0.05) is 18.0 Å². The number of carboxylic acid groups (broad SMARTS) is 1. The molecule has 1 aliphatic rings. The van der Waals surface area contributed by atoms with E-state index >= 15 is 0 Å². The van der Waals surface area contributed by atoms with Gasteiger partial charge in [0.25, 0.3) is 0 Å². The fourth-order valence-electron chi connectivity index (χ4n) is 2.36. The molecule has 1 aliphatic heterocycles. The van der Waals surface area contributed by atoms with Gasteiger partial charge in [-0.1, -0.05) is 17.7 Å². The lowest BCUT2D eigenvalue weighted by Crippen LogP contribution is -2.33. The Hall–Kier alpha value is -2.01. The van der Waals surface area contributed by atoms with Gasteiger partial charge in [0.2, 0.25) is 5.91 Å². The molecule has 0 radical (unpaired) electrons. The topological polar surface area (TPSA) is 75.6 Å². The van der Waals surface area contributed by atoms with Gasteiger partial charge >= 0.3 is 5.97 Å². The van der Waals surface area contributed by atoms with E-state index in [1.54, 1.807) is 25.1 Å². The van der Waals surface area contributed by atoms with Gasteiger partial charge in [0.15, 0.2) is 0 Å². The number of carbonyl (C=O) groups is 2. The number of benzene rings is 1. The minimum atomic E-state index is -1.04. The number of rotatable bonds is 3. The summed E-state index contributed by atoms with van der Waals surface area (Å²) in [6.07, 6.45) is 0.0871. The predicted octanol–water partition coefficient (Wildman–Crippen LogP) is 2.31. The molecule has 1 atom stereocenters. The van der Waals surface area contributed by atoms with Crippen LogP contribution in [0.3, 0.4) is 0 Å². The van der Waals surface area contributed by atoms with Gasteiger partial charge in [0.1, 0.15) is 5.75 Å². The quantitative estimate of drug-likeness (QED) is 0.897. The van der Waals surface area contributed by atoms with Gasteiger partial charge in [-0.3, -0.25) is 4.79 Å². The zero-order valence-corrected chi connectivity index (χ0v) is 11.8. The van der Waals surface area contributed by atoms with Gasteiger partial charge < -0.3 is 15.2 Å². The van der Waals surface area contributed by atoms with Crippen LogP contribution in [0.4, 0.5) is 0 Å². The number of nitrogens with one attached hydrogen (secondary N) is 1. The smallest absolute Gasteiger partial charge is 0.333 e. The largest absolute Gasteiger partial charge is 0.495 e. The summed E-state index contributed by atoms with van der Waals surface area (Å²) in [7, 11) is 1.48. The summed E-state index contributed by atoms with van der Waals surface area (Å²) >= 11 is 5.96. The van der Waals surface area contributed by atoms with E-state index in [1.165, 1.54) is 7.11 Å². The number of carbonyl (C=O) groups excluding carboxylic acids is 1. The number of ether oxygens (including phenoxy) is 1. The Labute approximate surface area is 121 Å². The maximum Gasteiger partial charge on any atom is 0.333 e. The average molecular weight is 296 g/mol. The van der Waals surface area contributed by atoms with Crippen molar-refractivity contribution in [3.63, 3.8) is 0 Å². The second kappa shape index (κ2) is 5.54. The van der Waals surface area contributed by atoms with Gasteiger partial charge in [-0.05, 0) is 24.6 Å². The average Bonchev–Trinajstić information content (AvgIpc) is 2.37. The van der Waals surface area contributed by atoms with E-state index in [4.69, 9.17) is 16.3 Å². The SMILES string of the molecule is COc1cc(C2CC(=O)NC(C)=C2C(=O)O)ccc1Cl. The van der Waals surface area contributed by atoms with Gasteiger partial charge in [-0.25, -0.2) is 4.79 Å². The number of methoxy groups -OCH3 is 1. The van der Waals surface area contributed by atoms with Gasteiger partial charge in [-0.2, -0.15) is 0 Å². The second-order valence-electron chi connectivity index (χ2n) is 4.54. The molecule has 0 spiro atoms. The van der Waals surface area contributed by atoms with Crippen LogP contribution in [0.25, 0.3) is 0 Å². The van der Waals surface area contributed by atoms with Gasteiger partial charge in [-0.15, -0.1) is 0 Å². The van der Waals surface area contributed by atoms with Crippen molar-refractivity contribution in [3.05, 3.63) is 40.1 Å². The first kappa shape index (κ1) is 14.4. The maximum absolute atomic E-state index is 11.7. The van der Waals surface area contributed by atoms with Crippen LogP contribution in [0, 0.1) is 0 Å². The standard InChI is InChI=1S/C14H14ClNO4/c1-7-13(14(18)19)9(6-12(17)16-7)8-3-4-10(15)11(5-8)20-2/h3-5,9H,6H2,1-2H3,(H,16,17)(H,18,19). The Morgan fingerprint density at radius 2 is 2.20 bits per heavy atom. The van der Waals surface area contributed by atoms with Gasteiger partial charge in [0.05, 0.1) is 17.7 Å². The van der Waals surface area contributed by atoms with E-state index in [0.717, 1.165) is 0 Å². The van der Waals surface area contributed by atoms with Crippen molar-refractivity contribution in [1.82, 2.24) is 5.32 Å². The highest BCUT2D eigenvalue weighted by molar-refractivity contribution is 6.32. The Bertz CT molecular complexity index is 609. The zero-order chi connectivity index (χ0) is 14.9. The van der Waals surface area contributed by atoms with E-state index in [-0.39, 0.29) is 17.9 Å². The number of aliphatic carboxylic acids is 1. The zero-order valence-electron chi connectivity index (χ0n) is 11.1. The Kier molecular flexibility index (Phi) is 3.99. The monoisotopic (exact) mass is 295 g/mol. The van der Waals surface area contributed by atoms with Crippen molar-refractivity contribution < 1.29 is 19.4 Å². The van der Waals surface area contributed by atoms with E-state index in [9.17, 15) is 14.7 Å². The third-order valence-electron chi connectivity index (χ3n) is 3.28. The molecule has 1 amide bonds. The summed E-state index contributed by atoms with van der Waals surface area (Å²) in [6, 6.07) is 5.02. The van der Waals surface area contributed by atoms with Crippen molar-refractivity contribution in [2.24, 2.45) is 0 Å². The molecule has 1 heterocycles. The van der Waals surface area contributed by atoms with Crippen molar-refractivity contribution in [3.8, 4) is 5.75 Å². The number of carboxylic acids is 1. The molecule has 0 bridgehead atoms. The van der Waals surface area contributed by atoms with Crippen molar-refractivity contribution in [2.45, 2.75) is 19.3 Å². The maximum atomic E-state index is 11.7. The summed E-state index contributed by atoms with van der Waals surface area (Å²) in [4.78, 5) is 23.1. The Morgan fingerprint density at radius 3 is 2.80 bits per heavy atom. The Morgan fingerprint density at radius 1 is 1.50 bits per heavy atom. The van der Waals surface area contributed by atoms with Crippen molar-refractivity contribution in [1.29, 1.82) is 0 Å². The highest BCUT2D eigenvalue weighted by Gasteiger charge is 2.31. The van der Waals surface area contributed by atoms with Crippen molar-refractivity contribution >= 4 is 23.5 Å². The van der Waals surface area contributed by atoms with Crippen LogP contribution in [-0.2, 0) is 9.59 Å². The van der Waals surface area contributed by atoms with Crippen LogP contribution in [0.1, 0.15) is 24.8 Å². The molecule has 0 saturated heterocycles. The summed E-state index contributed by atoms with van der Waals surface area (Å²) in [5.74, 6) is -1.29. The molecule has 0 saturated carbocycles.